The molecule has 0 aromatic heterocycles. The Bertz CT molecular complexity index is 589. The van der Waals surface area contributed by atoms with Gasteiger partial charge in [0.1, 0.15) is 0 Å². The number of nitrogens with two attached hydrogens (primary N) is 1. The monoisotopic (exact) mass is 309 g/mol. The number of nitrogens with zero attached hydrogens (tertiary/aromatic N) is 1. The number of carbonyl (C=O) groups excluding carboxylic acids is 3. The van der Waals surface area contributed by atoms with Crippen molar-refractivity contribution in [1.82, 2.24) is 5.43 Å². The van der Waals surface area contributed by atoms with Crippen LogP contribution < -0.4 is 16.2 Å². The number of amides is 2. The second-order valence-corrected chi connectivity index (χ2v) is 5.21. The van der Waals surface area contributed by atoms with E-state index in [4.69, 9.17) is 17.4 Å². The van der Waals surface area contributed by atoms with Crippen molar-refractivity contribution in [3.63, 3.8) is 0 Å². The summed E-state index contributed by atoms with van der Waals surface area (Å²) in [5.41, 5.74) is 2.92. The smallest absolute Gasteiger partial charge is 0.299 e. The molecule has 0 aliphatic carbocycles. The Morgan fingerprint density at radius 2 is 2.00 bits per heavy atom. The number of hydrogen-bond acceptors (Lipinski definition) is 4. The Labute approximate surface area is 127 Å². The van der Waals surface area contributed by atoms with E-state index in [2.05, 4.69) is 5.43 Å². The van der Waals surface area contributed by atoms with E-state index in [1.54, 1.807) is 18.2 Å². The van der Waals surface area contributed by atoms with Crippen LogP contribution in [0.3, 0.4) is 0 Å². The summed E-state index contributed by atoms with van der Waals surface area (Å²) in [7, 11) is 0. The highest BCUT2D eigenvalue weighted by atomic mass is 35.5. The predicted octanol–water partition coefficient (Wildman–Crippen LogP) is 1.42. The molecule has 0 spiro atoms. The van der Waals surface area contributed by atoms with E-state index in [0.717, 1.165) is 6.42 Å². The predicted molar refractivity (Wildman–Crippen MR) is 78.9 cm³/mol. The molecular weight excluding hydrogens is 294 g/mol. The largest absolute Gasteiger partial charge is 0.305 e. The molecule has 0 fully saturated rings. The van der Waals surface area contributed by atoms with Crippen LogP contribution in [-0.4, -0.2) is 24.1 Å². The van der Waals surface area contributed by atoms with Gasteiger partial charge in [0.2, 0.25) is 5.91 Å². The lowest BCUT2D eigenvalue weighted by atomic mass is 10.1. The fourth-order valence-corrected chi connectivity index (χ4v) is 2.58. The lowest BCUT2D eigenvalue weighted by Gasteiger charge is -2.16. The van der Waals surface area contributed by atoms with Gasteiger partial charge in [0, 0.05) is 13.0 Å². The van der Waals surface area contributed by atoms with Crippen LogP contribution in [0.5, 0.6) is 0 Å². The Morgan fingerprint density at radius 3 is 2.71 bits per heavy atom. The minimum Gasteiger partial charge on any atom is -0.305 e. The summed E-state index contributed by atoms with van der Waals surface area (Å²) >= 11 is 5.97. The van der Waals surface area contributed by atoms with Crippen LogP contribution in [0.2, 0.25) is 5.02 Å². The lowest BCUT2D eigenvalue weighted by molar-refractivity contribution is -0.121. The van der Waals surface area contributed by atoms with Gasteiger partial charge < -0.3 is 4.90 Å². The molecule has 0 unspecified atom stereocenters. The molecule has 6 nitrogen and oxygen atoms in total. The first kappa shape index (κ1) is 15.5. The number of hydrazine groups is 1. The number of benzene rings is 1. The SMILES string of the molecule is NNC(=O)CCCCCN1C(=O)C(=O)c2c(Cl)cccc21. The third kappa shape index (κ3) is 3.22. The van der Waals surface area contributed by atoms with E-state index >= 15 is 0 Å². The van der Waals surface area contributed by atoms with Gasteiger partial charge in [0.15, 0.2) is 0 Å². The normalized spacial score (nSPS) is 13.5. The Hall–Kier alpha value is -1.92. The number of rotatable bonds is 6. The van der Waals surface area contributed by atoms with E-state index < -0.39 is 11.7 Å². The molecule has 0 bridgehead atoms. The highest BCUT2D eigenvalue weighted by Gasteiger charge is 2.36. The molecule has 0 saturated heterocycles. The number of anilines is 1. The molecule has 1 aromatic carbocycles. The molecule has 112 valence electrons. The highest BCUT2D eigenvalue weighted by Crippen LogP contribution is 2.34. The van der Waals surface area contributed by atoms with Crippen molar-refractivity contribution >= 4 is 34.9 Å². The van der Waals surface area contributed by atoms with Crippen LogP contribution in [-0.2, 0) is 9.59 Å². The summed E-state index contributed by atoms with van der Waals surface area (Å²) in [4.78, 5) is 36.3. The fraction of sp³-hybridized carbons (Fsp3) is 0.357. The van der Waals surface area contributed by atoms with E-state index in [-0.39, 0.29) is 11.5 Å². The molecular formula is C14H16ClN3O3. The zero-order valence-electron chi connectivity index (χ0n) is 11.4. The van der Waals surface area contributed by atoms with Gasteiger partial charge in [0.05, 0.1) is 16.3 Å². The molecule has 1 heterocycles. The standard InChI is InChI=1S/C14H16ClN3O3/c15-9-5-4-6-10-12(9)13(20)14(21)18(10)8-3-1-2-7-11(19)17-16/h4-6H,1-3,7-8,16H2,(H,17,19). The zero-order chi connectivity index (χ0) is 15.4. The van der Waals surface area contributed by atoms with Gasteiger partial charge in [-0.1, -0.05) is 24.1 Å². The van der Waals surface area contributed by atoms with Crippen LogP contribution in [0.15, 0.2) is 18.2 Å². The van der Waals surface area contributed by atoms with Crippen molar-refractivity contribution in [3.05, 3.63) is 28.8 Å². The van der Waals surface area contributed by atoms with Crippen molar-refractivity contribution < 1.29 is 14.4 Å². The number of unbranched alkanes of at least 4 members (excludes halogenated alkanes) is 2. The Balaban J connectivity index is 1.93. The number of hydrogen-bond donors (Lipinski definition) is 2. The van der Waals surface area contributed by atoms with E-state index in [0.29, 0.717) is 36.5 Å². The third-order valence-electron chi connectivity index (χ3n) is 3.40. The Kier molecular flexibility index (Phi) is 4.93. The van der Waals surface area contributed by atoms with Gasteiger partial charge in [-0.2, -0.15) is 0 Å². The van der Waals surface area contributed by atoms with Crippen molar-refractivity contribution in [1.29, 1.82) is 0 Å². The number of fused-ring (bicyclic) bond motifs is 1. The molecule has 7 heteroatoms. The molecule has 1 aliphatic rings. The molecule has 0 radical (unpaired) electrons. The molecule has 0 saturated carbocycles. The maximum absolute atomic E-state index is 12.0. The van der Waals surface area contributed by atoms with Gasteiger partial charge >= 0.3 is 0 Å². The summed E-state index contributed by atoms with van der Waals surface area (Å²) in [5.74, 6) is 3.67. The number of nitrogens with one attached hydrogen (secondary N) is 1. The minimum absolute atomic E-state index is 0.209. The molecule has 0 atom stereocenters. The van der Waals surface area contributed by atoms with E-state index in [1.165, 1.54) is 4.90 Å². The first-order valence-electron chi connectivity index (χ1n) is 6.70. The second-order valence-electron chi connectivity index (χ2n) is 4.80. The highest BCUT2D eigenvalue weighted by molar-refractivity contribution is 6.55. The van der Waals surface area contributed by atoms with Gasteiger partial charge in [-0.15, -0.1) is 0 Å². The summed E-state index contributed by atoms with van der Waals surface area (Å²) in [6, 6.07) is 5.03. The van der Waals surface area contributed by atoms with E-state index in [9.17, 15) is 14.4 Å². The zero-order valence-corrected chi connectivity index (χ0v) is 12.2. The molecule has 1 aromatic rings. The van der Waals surface area contributed by atoms with Crippen molar-refractivity contribution in [2.45, 2.75) is 25.7 Å². The summed E-state index contributed by atoms with van der Waals surface area (Å²) in [6.45, 7) is 0.433. The van der Waals surface area contributed by atoms with Crippen LogP contribution in [0.4, 0.5) is 5.69 Å². The Morgan fingerprint density at radius 1 is 1.24 bits per heavy atom. The van der Waals surface area contributed by atoms with Crippen molar-refractivity contribution in [2.24, 2.45) is 5.84 Å². The number of halogens is 1. The van der Waals surface area contributed by atoms with Crippen molar-refractivity contribution in [3.8, 4) is 0 Å². The van der Waals surface area contributed by atoms with E-state index in [1.807, 2.05) is 0 Å². The van der Waals surface area contributed by atoms with Crippen LogP contribution >= 0.6 is 11.6 Å². The minimum atomic E-state index is -0.557. The number of ketones is 1. The second kappa shape index (κ2) is 6.69. The number of carbonyl (C=O) groups is 3. The molecule has 1 aliphatic heterocycles. The molecule has 2 rings (SSSR count). The summed E-state index contributed by atoms with van der Waals surface area (Å²) in [5, 5.41) is 0.299. The van der Waals surface area contributed by atoms with Gasteiger partial charge in [-0.25, -0.2) is 5.84 Å². The topological polar surface area (TPSA) is 92.5 Å². The quantitative estimate of drug-likeness (QED) is 0.273. The van der Waals surface area contributed by atoms with Gasteiger partial charge in [-0.05, 0) is 25.0 Å². The first-order chi connectivity index (χ1) is 10.1. The lowest BCUT2D eigenvalue weighted by Crippen LogP contribution is -2.31. The molecule has 2 amide bonds. The molecule has 3 N–H and O–H groups in total. The van der Waals surface area contributed by atoms with Gasteiger partial charge in [0.25, 0.3) is 11.7 Å². The summed E-state index contributed by atoms with van der Waals surface area (Å²) < 4.78 is 0. The fourth-order valence-electron chi connectivity index (χ4n) is 2.33. The third-order valence-corrected chi connectivity index (χ3v) is 3.71. The first-order valence-corrected chi connectivity index (χ1v) is 7.08. The number of Topliss-reactive ketones (excluding diaryl/α,β-unsaturated/α-hetero) is 1. The maximum Gasteiger partial charge on any atom is 0.299 e. The average molecular weight is 310 g/mol. The van der Waals surface area contributed by atoms with Crippen LogP contribution in [0.25, 0.3) is 0 Å². The van der Waals surface area contributed by atoms with Crippen molar-refractivity contribution in [2.75, 3.05) is 11.4 Å². The van der Waals surface area contributed by atoms with Crippen LogP contribution in [0, 0.1) is 0 Å². The molecule has 21 heavy (non-hydrogen) atoms. The maximum atomic E-state index is 12.0. The average Bonchev–Trinajstić information content (AvgIpc) is 2.72. The summed E-state index contributed by atoms with van der Waals surface area (Å²) in [6.07, 6.45) is 2.50. The van der Waals surface area contributed by atoms with Gasteiger partial charge in [-0.3, -0.25) is 19.8 Å². The van der Waals surface area contributed by atoms with Crippen LogP contribution in [0.1, 0.15) is 36.0 Å².